The number of halogens is 1. The third-order valence-corrected chi connectivity index (χ3v) is 3.41. The highest BCUT2D eigenvalue weighted by Crippen LogP contribution is 2.30. The van der Waals surface area contributed by atoms with E-state index in [1.54, 1.807) is 0 Å². The predicted octanol–water partition coefficient (Wildman–Crippen LogP) is 3.12. The smallest absolute Gasteiger partial charge is 0.242 e. The van der Waals surface area contributed by atoms with Crippen LogP contribution in [-0.2, 0) is 6.54 Å². The zero-order valence-electron chi connectivity index (χ0n) is 8.80. The van der Waals surface area contributed by atoms with Crippen LogP contribution in [0, 0.1) is 0 Å². The van der Waals surface area contributed by atoms with E-state index >= 15 is 0 Å². The van der Waals surface area contributed by atoms with Crippen LogP contribution in [0.2, 0.25) is 19.6 Å². The highest BCUT2D eigenvalue weighted by atomic mass is 79.9. The molecule has 0 bridgehead atoms. The van der Waals surface area contributed by atoms with E-state index in [4.69, 9.17) is 10.2 Å². The van der Waals surface area contributed by atoms with E-state index < -0.39 is 8.32 Å². The van der Waals surface area contributed by atoms with Crippen LogP contribution in [0.15, 0.2) is 22.7 Å². The van der Waals surface area contributed by atoms with E-state index in [1.165, 1.54) is 0 Å². The summed E-state index contributed by atoms with van der Waals surface area (Å²) in [4.78, 5) is 0. The van der Waals surface area contributed by atoms with Crippen LogP contribution in [0.4, 0.5) is 0 Å². The first-order valence-electron chi connectivity index (χ1n) is 4.60. The molecule has 0 spiro atoms. The molecule has 1 aromatic carbocycles. The van der Waals surface area contributed by atoms with Crippen LogP contribution in [0.1, 0.15) is 5.56 Å². The summed E-state index contributed by atoms with van der Waals surface area (Å²) < 4.78 is 6.90. The molecule has 0 aliphatic rings. The molecule has 0 fully saturated rings. The molecule has 0 radical (unpaired) electrons. The van der Waals surface area contributed by atoms with Crippen molar-refractivity contribution in [3.8, 4) is 5.75 Å². The molecule has 0 aliphatic carbocycles. The van der Waals surface area contributed by atoms with E-state index in [9.17, 15) is 0 Å². The van der Waals surface area contributed by atoms with E-state index in [1.807, 2.05) is 18.2 Å². The summed E-state index contributed by atoms with van der Waals surface area (Å²) >= 11 is 3.51. The average Bonchev–Trinajstić information content (AvgIpc) is 2.06. The van der Waals surface area contributed by atoms with Crippen LogP contribution in [-0.4, -0.2) is 8.32 Å². The lowest BCUT2D eigenvalue weighted by Crippen LogP contribution is -2.29. The van der Waals surface area contributed by atoms with Gasteiger partial charge in [-0.2, -0.15) is 0 Å². The second kappa shape index (κ2) is 4.46. The van der Waals surface area contributed by atoms with Gasteiger partial charge in [-0.3, -0.25) is 0 Å². The molecular weight excluding hydrogens is 258 g/mol. The summed E-state index contributed by atoms with van der Waals surface area (Å²) in [6, 6.07) is 5.95. The molecular formula is C10H16BrNOSi. The molecule has 0 amide bonds. The topological polar surface area (TPSA) is 35.2 Å². The second-order valence-electron chi connectivity index (χ2n) is 4.15. The molecule has 0 heterocycles. The fraction of sp³-hybridized carbons (Fsp3) is 0.400. The predicted molar refractivity (Wildman–Crippen MR) is 66.0 cm³/mol. The SMILES string of the molecule is C[Si](C)(C)Oc1cccc(CN)c1Br. The first-order chi connectivity index (χ1) is 6.44. The van der Waals surface area contributed by atoms with Gasteiger partial charge in [-0.15, -0.1) is 0 Å². The summed E-state index contributed by atoms with van der Waals surface area (Å²) in [5.41, 5.74) is 6.69. The van der Waals surface area contributed by atoms with Crippen molar-refractivity contribution in [2.45, 2.75) is 26.2 Å². The van der Waals surface area contributed by atoms with Crippen LogP contribution < -0.4 is 10.2 Å². The zero-order chi connectivity index (χ0) is 10.8. The van der Waals surface area contributed by atoms with Gasteiger partial charge in [0.25, 0.3) is 0 Å². The summed E-state index contributed by atoms with van der Waals surface area (Å²) in [7, 11) is -1.54. The average molecular weight is 274 g/mol. The highest BCUT2D eigenvalue weighted by molar-refractivity contribution is 9.10. The van der Waals surface area contributed by atoms with Gasteiger partial charge in [-0.25, -0.2) is 0 Å². The lowest BCUT2D eigenvalue weighted by molar-refractivity contribution is 0.553. The minimum Gasteiger partial charge on any atom is -0.544 e. The van der Waals surface area contributed by atoms with Gasteiger partial charge in [0.15, 0.2) is 0 Å². The molecule has 14 heavy (non-hydrogen) atoms. The van der Waals surface area contributed by atoms with Gasteiger partial charge >= 0.3 is 0 Å². The molecule has 0 aromatic heterocycles. The molecule has 0 aliphatic heterocycles. The number of benzene rings is 1. The van der Waals surface area contributed by atoms with E-state index in [-0.39, 0.29) is 0 Å². The van der Waals surface area contributed by atoms with E-state index in [2.05, 4.69) is 35.6 Å². The second-order valence-corrected chi connectivity index (χ2v) is 9.37. The molecule has 78 valence electrons. The summed E-state index contributed by atoms with van der Waals surface area (Å²) in [5.74, 6) is 0.909. The largest absolute Gasteiger partial charge is 0.544 e. The Kier molecular flexibility index (Phi) is 3.75. The highest BCUT2D eigenvalue weighted by Gasteiger charge is 2.18. The first-order valence-corrected chi connectivity index (χ1v) is 8.80. The van der Waals surface area contributed by atoms with Crippen molar-refractivity contribution >= 4 is 24.2 Å². The maximum Gasteiger partial charge on any atom is 0.242 e. The minimum absolute atomic E-state index is 0.531. The van der Waals surface area contributed by atoms with E-state index in [0.717, 1.165) is 15.8 Å². The van der Waals surface area contributed by atoms with Crippen molar-refractivity contribution in [1.82, 2.24) is 0 Å². The summed E-state index contributed by atoms with van der Waals surface area (Å²) in [6.45, 7) is 7.02. The summed E-state index contributed by atoms with van der Waals surface area (Å²) in [5, 5.41) is 0. The fourth-order valence-electron chi connectivity index (χ4n) is 1.12. The van der Waals surface area contributed by atoms with Gasteiger partial charge in [0.05, 0.1) is 4.47 Å². The normalized spacial score (nSPS) is 11.5. The van der Waals surface area contributed by atoms with Crippen LogP contribution in [0.5, 0.6) is 5.75 Å². The molecule has 0 saturated heterocycles. The van der Waals surface area contributed by atoms with Crippen molar-refractivity contribution in [2.75, 3.05) is 0 Å². The Morgan fingerprint density at radius 1 is 1.36 bits per heavy atom. The quantitative estimate of drug-likeness (QED) is 0.859. The van der Waals surface area contributed by atoms with Crippen molar-refractivity contribution in [2.24, 2.45) is 5.73 Å². The molecule has 1 aromatic rings. The number of hydrogen-bond donors (Lipinski definition) is 1. The third-order valence-electron chi connectivity index (χ3n) is 1.68. The molecule has 1 rings (SSSR count). The van der Waals surface area contributed by atoms with Gasteiger partial charge in [-0.1, -0.05) is 12.1 Å². The van der Waals surface area contributed by atoms with Crippen LogP contribution in [0.3, 0.4) is 0 Å². The molecule has 4 heteroatoms. The van der Waals surface area contributed by atoms with Crippen molar-refractivity contribution in [3.63, 3.8) is 0 Å². The Morgan fingerprint density at radius 2 is 2.00 bits per heavy atom. The Bertz CT molecular complexity index is 322. The Morgan fingerprint density at radius 3 is 2.50 bits per heavy atom. The summed E-state index contributed by atoms with van der Waals surface area (Å²) in [6.07, 6.45) is 0. The molecule has 0 unspecified atom stereocenters. The fourth-order valence-corrected chi connectivity index (χ4v) is 2.61. The maximum atomic E-state index is 5.91. The molecule has 0 atom stereocenters. The third kappa shape index (κ3) is 3.11. The van der Waals surface area contributed by atoms with Crippen molar-refractivity contribution < 1.29 is 4.43 Å². The number of nitrogens with two attached hydrogens (primary N) is 1. The van der Waals surface area contributed by atoms with Gasteiger partial charge in [0.1, 0.15) is 5.75 Å². The van der Waals surface area contributed by atoms with Crippen molar-refractivity contribution in [3.05, 3.63) is 28.2 Å². The van der Waals surface area contributed by atoms with Crippen LogP contribution in [0.25, 0.3) is 0 Å². The standard InChI is InChI=1S/C10H16BrNOSi/c1-14(2,3)13-9-6-4-5-8(7-12)10(9)11/h4-6H,7,12H2,1-3H3. The van der Waals surface area contributed by atoms with Gasteiger partial charge < -0.3 is 10.2 Å². The van der Waals surface area contributed by atoms with Crippen molar-refractivity contribution in [1.29, 1.82) is 0 Å². The number of hydrogen-bond acceptors (Lipinski definition) is 2. The lowest BCUT2D eigenvalue weighted by Gasteiger charge is -2.21. The monoisotopic (exact) mass is 273 g/mol. The Hall–Kier alpha value is -0.323. The Balaban J connectivity index is 2.98. The first kappa shape index (κ1) is 11.7. The van der Waals surface area contributed by atoms with Gasteiger partial charge in [-0.05, 0) is 47.2 Å². The van der Waals surface area contributed by atoms with E-state index in [0.29, 0.717) is 6.54 Å². The molecule has 2 nitrogen and oxygen atoms in total. The molecule has 0 saturated carbocycles. The maximum absolute atomic E-state index is 5.91. The zero-order valence-corrected chi connectivity index (χ0v) is 11.4. The van der Waals surface area contributed by atoms with Crippen LogP contribution >= 0.6 is 15.9 Å². The minimum atomic E-state index is -1.54. The number of rotatable bonds is 3. The lowest BCUT2D eigenvalue weighted by atomic mass is 10.2. The molecule has 2 N–H and O–H groups in total. The Labute approximate surface area is 94.7 Å². The van der Waals surface area contributed by atoms with Gasteiger partial charge in [0, 0.05) is 6.54 Å². The van der Waals surface area contributed by atoms with Gasteiger partial charge in [0.2, 0.25) is 8.32 Å².